The standard InChI is InChI=1S/C26H25F4NO4.C26H36F3NO2/c1-33-21-10-6-18(22(27)16-21)14-25(32)31(20-9-11-23(34-2)24(15-20)35-3)13-12-17-4-7-19(8-5-17)26(28,29)30;1-31-24-16-15-23(20-25(24)32-2)30-19-17-22-13-11-21(12-14-22)10-8-6-4-3-5-7-9-18-26(27,28)29/h4-11,15-16H,12-14H2,1-3H3;11-16,20,30H,3-10,17-19H2,1-2H3. The molecule has 0 saturated heterocycles. The number of ether oxygens (including phenoxy) is 5. The van der Waals surface area contributed by atoms with Crippen LogP contribution in [0.25, 0.3) is 0 Å². The first-order valence-electron chi connectivity index (χ1n) is 22.2. The summed E-state index contributed by atoms with van der Waals surface area (Å²) >= 11 is 0. The van der Waals surface area contributed by atoms with Gasteiger partial charge in [-0.25, -0.2) is 4.39 Å². The zero-order valence-corrected chi connectivity index (χ0v) is 38.8. The molecule has 0 aromatic heterocycles. The van der Waals surface area contributed by atoms with Crippen molar-refractivity contribution in [3.8, 4) is 28.7 Å². The van der Waals surface area contributed by atoms with Crippen LogP contribution in [0.4, 0.5) is 42.1 Å². The normalized spacial score (nSPS) is 11.3. The lowest BCUT2D eigenvalue weighted by Crippen LogP contribution is -2.34. The van der Waals surface area contributed by atoms with Crippen LogP contribution in [0.5, 0.6) is 28.7 Å². The second-order valence-electron chi connectivity index (χ2n) is 15.8. The van der Waals surface area contributed by atoms with Crippen LogP contribution in [-0.2, 0) is 36.7 Å². The molecule has 1 N–H and O–H groups in total. The van der Waals surface area contributed by atoms with Gasteiger partial charge in [0.05, 0.1) is 47.5 Å². The second kappa shape index (κ2) is 26.9. The molecule has 1 amide bonds. The van der Waals surface area contributed by atoms with Gasteiger partial charge >= 0.3 is 12.4 Å². The number of carbonyl (C=O) groups is 1. The monoisotopic (exact) mass is 942 g/mol. The van der Waals surface area contributed by atoms with E-state index < -0.39 is 36.1 Å². The van der Waals surface area contributed by atoms with E-state index in [-0.39, 0.29) is 31.4 Å². The molecule has 0 aliphatic rings. The van der Waals surface area contributed by atoms with Gasteiger partial charge in [0.25, 0.3) is 0 Å². The average Bonchev–Trinajstić information content (AvgIpc) is 3.31. The third-order valence-corrected chi connectivity index (χ3v) is 11.1. The van der Waals surface area contributed by atoms with E-state index in [2.05, 4.69) is 29.6 Å². The first-order valence-corrected chi connectivity index (χ1v) is 22.2. The Labute approximate surface area is 389 Å². The second-order valence-corrected chi connectivity index (χ2v) is 15.8. The number of benzene rings is 5. The van der Waals surface area contributed by atoms with Crippen LogP contribution in [-0.4, -0.2) is 60.7 Å². The van der Waals surface area contributed by atoms with Gasteiger partial charge in [-0.1, -0.05) is 74.6 Å². The van der Waals surface area contributed by atoms with Gasteiger partial charge in [-0.2, -0.15) is 26.3 Å². The minimum absolute atomic E-state index is 0.150. The number of hydrogen-bond donors (Lipinski definition) is 1. The molecule has 0 atom stereocenters. The van der Waals surface area contributed by atoms with E-state index in [4.69, 9.17) is 23.7 Å². The SMILES string of the molecule is COc1ccc(CC(=O)N(CCc2ccc(C(F)(F)F)cc2)c2ccc(OC)c(OC)c2)c(F)c1.COc1ccc(NCCc2ccc(CCCCCCCCCC(F)(F)F)cc2)cc1OC. The molecule has 5 aromatic carbocycles. The maximum absolute atomic E-state index is 14.5. The highest BCUT2D eigenvalue weighted by Gasteiger charge is 2.30. The Morgan fingerprint density at radius 2 is 1.09 bits per heavy atom. The number of nitrogens with one attached hydrogen (secondary N) is 1. The molecule has 0 heterocycles. The van der Waals surface area contributed by atoms with Crippen LogP contribution in [0.15, 0.2) is 103 Å². The predicted octanol–water partition coefficient (Wildman–Crippen LogP) is 13.3. The molecule has 0 saturated carbocycles. The van der Waals surface area contributed by atoms with Gasteiger partial charge < -0.3 is 33.9 Å². The molecule has 0 bridgehead atoms. The van der Waals surface area contributed by atoms with Crippen molar-refractivity contribution >= 4 is 17.3 Å². The summed E-state index contributed by atoms with van der Waals surface area (Å²) in [7, 11) is 7.62. The van der Waals surface area contributed by atoms with E-state index in [1.165, 1.54) is 61.6 Å². The Morgan fingerprint density at radius 3 is 1.66 bits per heavy atom. The van der Waals surface area contributed by atoms with E-state index in [1.54, 1.807) is 38.5 Å². The maximum Gasteiger partial charge on any atom is 0.416 e. The molecule has 5 rings (SSSR count). The molecular formula is C52H61F7N2O6. The van der Waals surface area contributed by atoms with Crippen molar-refractivity contribution in [3.05, 3.63) is 137 Å². The highest BCUT2D eigenvalue weighted by atomic mass is 19.4. The highest BCUT2D eigenvalue weighted by molar-refractivity contribution is 5.95. The molecule has 0 aliphatic heterocycles. The summed E-state index contributed by atoms with van der Waals surface area (Å²) in [5.41, 5.74) is 4.17. The molecule has 0 spiro atoms. The molecule has 5 aromatic rings. The minimum Gasteiger partial charge on any atom is -0.497 e. The van der Waals surface area contributed by atoms with Gasteiger partial charge in [-0.15, -0.1) is 0 Å². The zero-order chi connectivity index (χ0) is 48.8. The lowest BCUT2D eigenvalue weighted by molar-refractivity contribution is -0.137. The number of hydrogen-bond acceptors (Lipinski definition) is 7. The average molecular weight is 943 g/mol. The summed E-state index contributed by atoms with van der Waals surface area (Å²) in [4.78, 5) is 14.7. The fraction of sp³-hybridized carbons (Fsp3) is 0.404. The molecule has 364 valence electrons. The summed E-state index contributed by atoms with van der Waals surface area (Å²) in [6, 6.07) is 28.5. The van der Waals surface area contributed by atoms with Gasteiger partial charge in [-0.05, 0) is 96.8 Å². The fourth-order valence-corrected chi connectivity index (χ4v) is 7.26. The van der Waals surface area contributed by atoms with Crippen molar-refractivity contribution in [2.45, 2.75) is 89.4 Å². The smallest absolute Gasteiger partial charge is 0.416 e. The van der Waals surface area contributed by atoms with Crippen LogP contribution in [0.3, 0.4) is 0 Å². The quantitative estimate of drug-likeness (QED) is 0.0488. The van der Waals surface area contributed by atoms with Crippen molar-refractivity contribution < 1.29 is 59.2 Å². The first-order chi connectivity index (χ1) is 32.1. The third-order valence-electron chi connectivity index (χ3n) is 11.1. The largest absolute Gasteiger partial charge is 0.497 e. The van der Waals surface area contributed by atoms with Crippen molar-refractivity contribution in [2.24, 2.45) is 0 Å². The summed E-state index contributed by atoms with van der Waals surface area (Å²) in [5, 5.41) is 3.42. The number of halogens is 7. The van der Waals surface area contributed by atoms with E-state index in [0.717, 1.165) is 75.1 Å². The van der Waals surface area contributed by atoms with Crippen molar-refractivity contribution in [2.75, 3.05) is 58.9 Å². The van der Waals surface area contributed by atoms with E-state index in [0.29, 0.717) is 40.7 Å². The highest BCUT2D eigenvalue weighted by Crippen LogP contribution is 2.34. The van der Waals surface area contributed by atoms with Crippen LogP contribution in [0, 0.1) is 5.82 Å². The summed E-state index contributed by atoms with van der Waals surface area (Å²) in [6.07, 6.45) is -0.783. The Kier molecular flexibility index (Phi) is 21.5. The molecule has 0 aliphatic carbocycles. The number of amides is 1. The van der Waals surface area contributed by atoms with Crippen molar-refractivity contribution in [1.29, 1.82) is 0 Å². The molecule has 67 heavy (non-hydrogen) atoms. The molecule has 8 nitrogen and oxygen atoms in total. The van der Waals surface area contributed by atoms with E-state index in [1.807, 2.05) is 18.2 Å². The number of unbranched alkanes of at least 4 members (excludes halogenated alkanes) is 6. The molecule has 0 unspecified atom stereocenters. The summed E-state index contributed by atoms with van der Waals surface area (Å²) in [5.74, 6) is 1.65. The van der Waals surface area contributed by atoms with Crippen LogP contribution >= 0.6 is 0 Å². The Bertz CT molecular complexity index is 2250. The van der Waals surface area contributed by atoms with Gasteiger partial charge in [0.15, 0.2) is 23.0 Å². The Morgan fingerprint density at radius 1 is 0.552 bits per heavy atom. The minimum atomic E-state index is -4.43. The number of anilines is 2. The van der Waals surface area contributed by atoms with Gasteiger partial charge in [0, 0.05) is 49.1 Å². The zero-order valence-electron chi connectivity index (χ0n) is 38.8. The number of alkyl halides is 6. The number of rotatable bonds is 24. The molecule has 0 fully saturated rings. The van der Waals surface area contributed by atoms with E-state index >= 15 is 0 Å². The Hall–Kier alpha value is -6.12. The lowest BCUT2D eigenvalue weighted by Gasteiger charge is -2.24. The molecular weight excluding hydrogens is 882 g/mol. The Balaban J connectivity index is 0.000000294. The van der Waals surface area contributed by atoms with Crippen LogP contribution in [0.2, 0.25) is 0 Å². The maximum atomic E-state index is 14.5. The van der Waals surface area contributed by atoms with Gasteiger partial charge in [-0.3, -0.25) is 4.79 Å². The topological polar surface area (TPSA) is 78.5 Å². The number of methoxy groups -OCH3 is 5. The van der Waals surface area contributed by atoms with Gasteiger partial charge in [0.1, 0.15) is 11.6 Å². The van der Waals surface area contributed by atoms with Crippen molar-refractivity contribution in [1.82, 2.24) is 0 Å². The lowest BCUT2D eigenvalue weighted by atomic mass is 10.0. The summed E-state index contributed by atoms with van der Waals surface area (Å²) in [6.45, 7) is 0.981. The van der Waals surface area contributed by atoms with Crippen molar-refractivity contribution in [3.63, 3.8) is 0 Å². The van der Waals surface area contributed by atoms with Crippen LogP contribution in [0.1, 0.15) is 79.2 Å². The number of aryl methyl sites for hydroxylation is 1. The third kappa shape index (κ3) is 18.2. The molecule has 0 radical (unpaired) electrons. The van der Waals surface area contributed by atoms with E-state index in [9.17, 15) is 35.5 Å². The number of nitrogens with zero attached hydrogens (tertiary/aromatic N) is 1. The predicted molar refractivity (Wildman–Crippen MR) is 249 cm³/mol. The van der Waals surface area contributed by atoms with Crippen LogP contribution < -0.4 is 33.9 Å². The summed E-state index contributed by atoms with van der Waals surface area (Å²) < 4.78 is 116. The van der Waals surface area contributed by atoms with Gasteiger partial charge in [0.2, 0.25) is 5.91 Å². The first kappa shape index (κ1) is 53.5. The molecule has 15 heteroatoms. The fourth-order valence-electron chi connectivity index (χ4n) is 7.26. The number of carbonyl (C=O) groups excluding carboxylic acids is 1.